The van der Waals surface area contributed by atoms with Crippen LogP contribution in [0.15, 0.2) is 36.7 Å². The van der Waals surface area contributed by atoms with Crippen LogP contribution < -0.4 is 15.8 Å². The summed E-state index contributed by atoms with van der Waals surface area (Å²) in [5.74, 6) is 0.560. The molecular weight excluding hydrogens is 245 g/mol. The molecule has 2 N–H and O–H groups in total. The van der Waals surface area contributed by atoms with Crippen molar-refractivity contribution in [3.8, 4) is 5.75 Å². The highest BCUT2D eigenvalue weighted by molar-refractivity contribution is 6.61. The van der Waals surface area contributed by atoms with Crippen molar-refractivity contribution in [1.82, 2.24) is 10.2 Å². The molecule has 1 aromatic heterocycles. The smallest absolute Gasteiger partial charge is 0.423 e. The van der Waals surface area contributed by atoms with Crippen molar-refractivity contribution < 1.29 is 14.5 Å². The third-order valence-electron chi connectivity index (χ3n) is 2.90. The number of benzene rings is 1. The number of hydrogen-bond acceptors (Lipinski definition) is 6. The zero-order chi connectivity index (χ0) is 13.1. The van der Waals surface area contributed by atoms with Crippen molar-refractivity contribution in [2.45, 2.75) is 6.42 Å². The normalized spacial score (nSPS) is 13.8. The van der Waals surface area contributed by atoms with Crippen LogP contribution in [-0.4, -0.2) is 28.9 Å². The SMILES string of the molecule is OB1OCCc2ccc(NOc3ccnnc3)cc21. The molecule has 1 aliphatic rings. The zero-order valence-corrected chi connectivity index (χ0v) is 10.1. The molecule has 1 aliphatic heterocycles. The molecule has 0 spiro atoms. The fraction of sp³-hybridized carbons (Fsp3) is 0.167. The predicted octanol–water partition coefficient (Wildman–Crippen LogP) is 0.143. The Morgan fingerprint density at radius 2 is 2.26 bits per heavy atom. The summed E-state index contributed by atoms with van der Waals surface area (Å²) >= 11 is 0. The minimum Gasteiger partial charge on any atom is -0.423 e. The van der Waals surface area contributed by atoms with E-state index >= 15 is 0 Å². The Kier molecular flexibility index (Phi) is 3.30. The molecule has 2 heterocycles. The van der Waals surface area contributed by atoms with Crippen LogP contribution in [0.25, 0.3) is 0 Å². The molecule has 3 rings (SSSR count). The first kappa shape index (κ1) is 11.9. The van der Waals surface area contributed by atoms with Crippen molar-refractivity contribution in [2.75, 3.05) is 12.1 Å². The van der Waals surface area contributed by atoms with E-state index < -0.39 is 7.12 Å². The van der Waals surface area contributed by atoms with Crippen molar-refractivity contribution in [3.63, 3.8) is 0 Å². The van der Waals surface area contributed by atoms with Crippen LogP contribution in [0.1, 0.15) is 5.56 Å². The molecule has 0 saturated heterocycles. The van der Waals surface area contributed by atoms with E-state index in [0.29, 0.717) is 12.4 Å². The van der Waals surface area contributed by atoms with Crippen LogP contribution in [-0.2, 0) is 11.1 Å². The van der Waals surface area contributed by atoms with E-state index in [9.17, 15) is 5.02 Å². The van der Waals surface area contributed by atoms with Gasteiger partial charge in [-0.3, -0.25) is 0 Å². The van der Waals surface area contributed by atoms with Crippen LogP contribution in [0.3, 0.4) is 0 Å². The summed E-state index contributed by atoms with van der Waals surface area (Å²) in [7, 11) is -0.868. The molecule has 0 saturated carbocycles. The molecule has 6 nitrogen and oxygen atoms in total. The number of rotatable bonds is 3. The topological polar surface area (TPSA) is 76.5 Å². The largest absolute Gasteiger partial charge is 0.491 e. The second kappa shape index (κ2) is 5.25. The molecule has 0 bridgehead atoms. The van der Waals surface area contributed by atoms with Gasteiger partial charge in [0.2, 0.25) is 0 Å². The predicted molar refractivity (Wildman–Crippen MR) is 70.0 cm³/mol. The fourth-order valence-corrected chi connectivity index (χ4v) is 1.94. The lowest BCUT2D eigenvalue weighted by Crippen LogP contribution is -2.41. The van der Waals surface area contributed by atoms with Gasteiger partial charge in [0.25, 0.3) is 0 Å². The van der Waals surface area contributed by atoms with E-state index in [4.69, 9.17) is 9.49 Å². The molecule has 96 valence electrons. The van der Waals surface area contributed by atoms with Crippen LogP contribution in [0.4, 0.5) is 5.69 Å². The summed E-state index contributed by atoms with van der Waals surface area (Å²) in [4.78, 5) is 5.34. The average molecular weight is 257 g/mol. The van der Waals surface area contributed by atoms with Gasteiger partial charge in [0.15, 0.2) is 5.75 Å². The van der Waals surface area contributed by atoms with Crippen molar-refractivity contribution >= 4 is 18.3 Å². The Labute approximate surface area is 110 Å². The number of fused-ring (bicyclic) bond motifs is 1. The minimum absolute atomic E-state index is 0.542. The highest BCUT2D eigenvalue weighted by Crippen LogP contribution is 2.14. The van der Waals surface area contributed by atoms with Crippen molar-refractivity contribution in [2.24, 2.45) is 0 Å². The molecule has 0 unspecified atom stereocenters. The first-order chi connectivity index (χ1) is 9.33. The minimum atomic E-state index is -0.868. The lowest BCUT2D eigenvalue weighted by molar-refractivity contribution is 0.266. The summed E-state index contributed by atoms with van der Waals surface area (Å²) in [6.07, 6.45) is 3.85. The third-order valence-corrected chi connectivity index (χ3v) is 2.90. The van der Waals surface area contributed by atoms with Gasteiger partial charge in [-0.2, -0.15) is 10.2 Å². The first-order valence-electron chi connectivity index (χ1n) is 5.95. The molecule has 0 fully saturated rings. The molecule has 2 aromatic rings. The standard InChI is InChI=1S/C12H12BN3O3/c17-13-12-7-10(2-1-9(12)4-6-18-13)16-19-11-3-5-14-15-8-11/h1-3,5,7-8,16-17H,4,6H2. The molecular formula is C12H12BN3O3. The van der Waals surface area contributed by atoms with E-state index in [1.165, 1.54) is 6.20 Å². The van der Waals surface area contributed by atoms with E-state index in [-0.39, 0.29) is 0 Å². The zero-order valence-electron chi connectivity index (χ0n) is 10.1. The average Bonchev–Trinajstić information content (AvgIpc) is 2.47. The summed E-state index contributed by atoms with van der Waals surface area (Å²) in [6.45, 7) is 0.542. The molecule has 0 amide bonds. The Balaban J connectivity index is 1.74. The second-order valence-electron chi connectivity index (χ2n) is 4.17. The molecule has 0 aliphatic carbocycles. The van der Waals surface area contributed by atoms with Gasteiger partial charge in [-0.15, -0.1) is 0 Å². The molecule has 0 radical (unpaired) electrons. The maximum atomic E-state index is 9.76. The van der Waals surface area contributed by atoms with E-state index in [2.05, 4.69) is 15.7 Å². The molecule has 0 atom stereocenters. The van der Waals surface area contributed by atoms with E-state index in [0.717, 1.165) is 23.1 Å². The van der Waals surface area contributed by atoms with Crippen LogP contribution in [0.5, 0.6) is 5.75 Å². The number of anilines is 1. The quantitative estimate of drug-likeness (QED) is 0.601. The maximum Gasteiger partial charge on any atom is 0.491 e. The van der Waals surface area contributed by atoms with Crippen molar-refractivity contribution in [1.29, 1.82) is 0 Å². The number of aromatic nitrogens is 2. The number of hydrogen-bond donors (Lipinski definition) is 2. The van der Waals surface area contributed by atoms with Gasteiger partial charge in [0.05, 0.1) is 18.1 Å². The molecule has 1 aromatic carbocycles. The van der Waals surface area contributed by atoms with Gasteiger partial charge in [-0.05, 0) is 29.6 Å². The summed E-state index contributed by atoms with van der Waals surface area (Å²) in [5.41, 5.74) is 5.40. The van der Waals surface area contributed by atoms with E-state index in [1.54, 1.807) is 12.3 Å². The van der Waals surface area contributed by atoms with Gasteiger partial charge in [-0.1, -0.05) is 6.07 Å². The Morgan fingerprint density at radius 1 is 1.32 bits per heavy atom. The monoisotopic (exact) mass is 257 g/mol. The van der Waals surface area contributed by atoms with Gasteiger partial charge in [-0.25, -0.2) is 5.48 Å². The summed E-state index contributed by atoms with van der Waals surface area (Å²) in [6, 6.07) is 7.35. The summed E-state index contributed by atoms with van der Waals surface area (Å²) in [5, 5.41) is 17.1. The Morgan fingerprint density at radius 3 is 3.11 bits per heavy atom. The van der Waals surface area contributed by atoms with Gasteiger partial charge >= 0.3 is 7.12 Å². The van der Waals surface area contributed by atoms with Gasteiger partial charge < -0.3 is 14.5 Å². The second-order valence-corrected chi connectivity index (χ2v) is 4.17. The van der Waals surface area contributed by atoms with E-state index in [1.807, 2.05) is 18.2 Å². The lowest BCUT2D eigenvalue weighted by atomic mass is 9.73. The fourth-order valence-electron chi connectivity index (χ4n) is 1.94. The molecule has 7 heteroatoms. The van der Waals surface area contributed by atoms with Gasteiger partial charge in [0, 0.05) is 12.7 Å². The third kappa shape index (κ3) is 2.67. The lowest BCUT2D eigenvalue weighted by Gasteiger charge is -2.19. The number of nitrogens with zero attached hydrogens (tertiary/aromatic N) is 2. The Bertz CT molecular complexity index is 567. The van der Waals surface area contributed by atoms with Crippen LogP contribution >= 0.6 is 0 Å². The van der Waals surface area contributed by atoms with Crippen LogP contribution in [0, 0.1) is 0 Å². The van der Waals surface area contributed by atoms with Crippen molar-refractivity contribution in [3.05, 3.63) is 42.2 Å². The highest BCUT2D eigenvalue weighted by Gasteiger charge is 2.24. The number of nitrogens with one attached hydrogen (secondary N) is 1. The molecule has 19 heavy (non-hydrogen) atoms. The highest BCUT2D eigenvalue weighted by atomic mass is 16.6. The first-order valence-corrected chi connectivity index (χ1v) is 5.95. The Hall–Kier alpha value is -2.12. The summed E-state index contributed by atoms with van der Waals surface area (Å²) < 4.78 is 5.19. The maximum absolute atomic E-state index is 9.76. The van der Waals surface area contributed by atoms with Crippen LogP contribution in [0.2, 0.25) is 0 Å². The van der Waals surface area contributed by atoms with Gasteiger partial charge in [0.1, 0.15) is 0 Å².